The van der Waals surface area contributed by atoms with Crippen molar-refractivity contribution < 1.29 is 14.6 Å². The van der Waals surface area contributed by atoms with E-state index in [1.54, 1.807) is 0 Å². The van der Waals surface area contributed by atoms with Crippen LogP contribution >= 0.6 is 0 Å². The molecule has 4 aliphatic carbocycles. The molecule has 0 aromatic heterocycles. The van der Waals surface area contributed by atoms with Gasteiger partial charge < -0.3 is 14.6 Å². The number of aliphatic hydroxyl groups is 1. The SMILES string of the molecule is CO[C@@H]1C[C@@H]2[C@H](CC[C@]3(C)C(COCc4ccccc4)CC[C@@H]23)[C@@]2(C)CC[C@H](O)C[C@H]12. The molecule has 4 fully saturated rings. The molecule has 3 nitrogen and oxygen atoms in total. The van der Waals surface area contributed by atoms with Crippen LogP contribution < -0.4 is 0 Å². The minimum Gasteiger partial charge on any atom is -0.393 e. The Bertz CT molecular complexity index is 750. The minimum absolute atomic E-state index is 0.126. The molecule has 0 bridgehead atoms. The van der Waals surface area contributed by atoms with E-state index in [1.165, 1.54) is 44.1 Å². The van der Waals surface area contributed by atoms with Gasteiger partial charge in [-0.3, -0.25) is 0 Å². The number of hydrogen-bond acceptors (Lipinski definition) is 3. The van der Waals surface area contributed by atoms with Gasteiger partial charge in [0.15, 0.2) is 0 Å². The summed E-state index contributed by atoms with van der Waals surface area (Å²) in [5, 5.41) is 10.4. The number of benzene rings is 1. The zero-order valence-corrected chi connectivity index (χ0v) is 19.8. The Morgan fingerprint density at radius 1 is 0.903 bits per heavy atom. The highest BCUT2D eigenvalue weighted by atomic mass is 16.5. The molecule has 172 valence electrons. The molecule has 1 aromatic carbocycles. The van der Waals surface area contributed by atoms with E-state index in [2.05, 4.69) is 44.2 Å². The third-order valence-electron chi connectivity index (χ3n) is 10.6. The number of rotatable bonds is 5. The van der Waals surface area contributed by atoms with Crippen LogP contribution in [0, 0.1) is 40.4 Å². The third kappa shape index (κ3) is 3.69. The molecule has 0 heterocycles. The minimum atomic E-state index is -0.126. The highest BCUT2D eigenvalue weighted by Crippen LogP contribution is 2.67. The van der Waals surface area contributed by atoms with Crippen LogP contribution in [0.1, 0.15) is 70.8 Å². The fourth-order valence-corrected chi connectivity index (χ4v) is 8.78. The quantitative estimate of drug-likeness (QED) is 0.642. The molecule has 1 unspecified atom stereocenters. The first-order valence-corrected chi connectivity index (χ1v) is 12.8. The zero-order chi connectivity index (χ0) is 21.6. The Morgan fingerprint density at radius 2 is 1.65 bits per heavy atom. The predicted octanol–water partition coefficient (Wildman–Crippen LogP) is 5.85. The first-order valence-electron chi connectivity index (χ1n) is 12.8. The second kappa shape index (κ2) is 8.47. The number of aliphatic hydroxyl groups excluding tert-OH is 1. The summed E-state index contributed by atoms with van der Waals surface area (Å²) in [7, 11) is 1.91. The number of ether oxygens (including phenoxy) is 2. The lowest BCUT2D eigenvalue weighted by molar-refractivity contribution is -0.179. The summed E-state index contributed by atoms with van der Waals surface area (Å²) in [5.74, 6) is 3.59. The van der Waals surface area contributed by atoms with Crippen molar-refractivity contribution in [3.63, 3.8) is 0 Å². The van der Waals surface area contributed by atoms with Crippen molar-refractivity contribution in [2.24, 2.45) is 40.4 Å². The molecule has 4 saturated carbocycles. The molecule has 9 atom stereocenters. The van der Waals surface area contributed by atoms with Gasteiger partial charge in [0, 0.05) is 7.11 Å². The van der Waals surface area contributed by atoms with Gasteiger partial charge in [0.25, 0.3) is 0 Å². The molecule has 0 aliphatic heterocycles. The maximum absolute atomic E-state index is 10.4. The van der Waals surface area contributed by atoms with Gasteiger partial charge in [0.1, 0.15) is 0 Å². The van der Waals surface area contributed by atoms with E-state index < -0.39 is 0 Å². The van der Waals surface area contributed by atoms with E-state index >= 15 is 0 Å². The topological polar surface area (TPSA) is 38.7 Å². The standard InChI is InChI=1S/C28H42O3/c1-27-14-12-24-22(16-26(30-3)25-15-21(29)11-13-28(24,25)2)23(27)10-9-20(27)18-31-17-19-7-5-4-6-8-19/h4-8,20-26,29H,9-18H2,1-3H3/t20?,21-,22-,23-,24-,25+,26+,27+,28+/m0/s1. The smallest absolute Gasteiger partial charge is 0.0717 e. The Balaban J connectivity index is 1.30. The van der Waals surface area contributed by atoms with Gasteiger partial charge in [-0.2, -0.15) is 0 Å². The molecule has 5 rings (SSSR count). The maximum Gasteiger partial charge on any atom is 0.0717 e. The van der Waals surface area contributed by atoms with Crippen LogP contribution in [-0.4, -0.2) is 31.0 Å². The van der Waals surface area contributed by atoms with Crippen LogP contribution in [-0.2, 0) is 16.1 Å². The van der Waals surface area contributed by atoms with Gasteiger partial charge in [0.2, 0.25) is 0 Å². The molecule has 1 aromatic rings. The Kier molecular flexibility index (Phi) is 5.99. The molecular formula is C28H42O3. The zero-order valence-electron chi connectivity index (χ0n) is 19.8. The van der Waals surface area contributed by atoms with Crippen molar-refractivity contribution in [3.8, 4) is 0 Å². The summed E-state index contributed by atoms with van der Waals surface area (Å²) < 4.78 is 12.4. The average molecular weight is 427 g/mol. The van der Waals surface area contributed by atoms with Crippen molar-refractivity contribution >= 4 is 0 Å². The van der Waals surface area contributed by atoms with Gasteiger partial charge in [-0.25, -0.2) is 0 Å². The normalized spacial score (nSPS) is 46.8. The number of hydrogen-bond donors (Lipinski definition) is 1. The molecule has 1 N–H and O–H groups in total. The van der Waals surface area contributed by atoms with E-state index in [4.69, 9.17) is 9.47 Å². The summed E-state index contributed by atoms with van der Waals surface area (Å²) in [6.45, 7) is 6.76. The van der Waals surface area contributed by atoms with Crippen LogP contribution in [0.2, 0.25) is 0 Å². The van der Waals surface area contributed by atoms with E-state index in [9.17, 15) is 5.11 Å². The predicted molar refractivity (Wildman–Crippen MR) is 124 cm³/mol. The molecule has 31 heavy (non-hydrogen) atoms. The number of fused-ring (bicyclic) bond motifs is 5. The highest BCUT2D eigenvalue weighted by molar-refractivity contribution is 5.14. The second-order valence-electron chi connectivity index (χ2n) is 11.7. The second-order valence-corrected chi connectivity index (χ2v) is 11.7. The summed E-state index contributed by atoms with van der Waals surface area (Å²) in [6, 6.07) is 10.6. The van der Waals surface area contributed by atoms with Crippen molar-refractivity contribution in [1.82, 2.24) is 0 Å². The summed E-state index contributed by atoms with van der Waals surface area (Å²) in [4.78, 5) is 0. The largest absolute Gasteiger partial charge is 0.393 e. The highest BCUT2D eigenvalue weighted by Gasteiger charge is 2.62. The van der Waals surface area contributed by atoms with Crippen molar-refractivity contribution in [3.05, 3.63) is 35.9 Å². The van der Waals surface area contributed by atoms with Crippen molar-refractivity contribution in [1.29, 1.82) is 0 Å². The van der Waals surface area contributed by atoms with E-state index in [-0.39, 0.29) is 6.10 Å². The monoisotopic (exact) mass is 426 g/mol. The molecule has 0 spiro atoms. The molecule has 4 aliphatic rings. The van der Waals surface area contributed by atoms with Crippen LogP contribution in [0.15, 0.2) is 30.3 Å². The van der Waals surface area contributed by atoms with Gasteiger partial charge in [-0.1, -0.05) is 44.2 Å². The van der Waals surface area contributed by atoms with Crippen molar-refractivity contribution in [2.45, 2.75) is 84.0 Å². The van der Waals surface area contributed by atoms with Gasteiger partial charge in [-0.05, 0) is 97.3 Å². The first-order chi connectivity index (χ1) is 15.0. The Morgan fingerprint density at radius 3 is 2.42 bits per heavy atom. The third-order valence-corrected chi connectivity index (χ3v) is 10.6. The lowest BCUT2D eigenvalue weighted by Gasteiger charge is -2.62. The van der Waals surface area contributed by atoms with E-state index in [1.807, 2.05) is 7.11 Å². The molecule has 0 amide bonds. The van der Waals surface area contributed by atoms with Gasteiger partial charge in [-0.15, -0.1) is 0 Å². The average Bonchev–Trinajstić information content (AvgIpc) is 3.11. The van der Waals surface area contributed by atoms with Gasteiger partial charge >= 0.3 is 0 Å². The van der Waals surface area contributed by atoms with Crippen LogP contribution in [0.3, 0.4) is 0 Å². The molecule has 0 radical (unpaired) electrons. The lowest BCUT2D eigenvalue weighted by Crippen LogP contribution is -2.58. The van der Waals surface area contributed by atoms with E-state index in [0.29, 0.717) is 28.8 Å². The van der Waals surface area contributed by atoms with Crippen molar-refractivity contribution in [2.75, 3.05) is 13.7 Å². The fourth-order valence-electron chi connectivity index (χ4n) is 8.78. The molecular weight excluding hydrogens is 384 g/mol. The van der Waals surface area contributed by atoms with Crippen LogP contribution in [0.4, 0.5) is 0 Å². The Labute approximate surface area is 188 Å². The molecule has 0 saturated heterocycles. The summed E-state index contributed by atoms with van der Waals surface area (Å²) >= 11 is 0. The molecule has 3 heteroatoms. The van der Waals surface area contributed by atoms with E-state index in [0.717, 1.165) is 43.8 Å². The maximum atomic E-state index is 10.4. The number of methoxy groups -OCH3 is 1. The summed E-state index contributed by atoms with van der Waals surface area (Å²) in [5.41, 5.74) is 2.03. The summed E-state index contributed by atoms with van der Waals surface area (Å²) in [6.07, 6.45) is 9.86. The fraction of sp³-hybridized carbons (Fsp3) is 0.786. The first kappa shape index (κ1) is 21.9. The van der Waals surface area contributed by atoms with Crippen LogP contribution in [0.5, 0.6) is 0 Å². The van der Waals surface area contributed by atoms with Crippen LogP contribution in [0.25, 0.3) is 0 Å². The Hall–Kier alpha value is -0.900. The lowest BCUT2D eigenvalue weighted by atomic mass is 9.44. The van der Waals surface area contributed by atoms with Gasteiger partial charge in [0.05, 0.1) is 25.4 Å².